The minimum Gasteiger partial charge on any atom is -0.480 e. The van der Waals surface area contributed by atoms with Gasteiger partial charge >= 0.3 is 5.97 Å². The summed E-state index contributed by atoms with van der Waals surface area (Å²) in [5, 5.41) is 20.2. The Hall–Kier alpha value is -2.37. The Morgan fingerprint density at radius 2 is 2.18 bits per heavy atom. The van der Waals surface area contributed by atoms with Crippen LogP contribution in [0.15, 0.2) is 30.5 Å². The summed E-state index contributed by atoms with van der Waals surface area (Å²) in [5.74, 6) is -0.944. The Kier molecular flexibility index (Phi) is 2.55. The molecule has 0 spiro atoms. The van der Waals surface area contributed by atoms with E-state index in [0.29, 0.717) is 10.9 Å². The van der Waals surface area contributed by atoms with Gasteiger partial charge in [-0.3, -0.25) is 10.1 Å². The molecule has 0 aliphatic heterocycles. The average molecular weight is 234 g/mol. The topological polar surface area (TPSA) is 85.4 Å². The molecule has 17 heavy (non-hydrogen) atoms. The summed E-state index contributed by atoms with van der Waals surface area (Å²) in [6.45, 7) is 1.56. The molecule has 6 heteroatoms. The largest absolute Gasteiger partial charge is 0.480 e. The van der Waals surface area contributed by atoms with Crippen molar-refractivity contribution < 1.29 is 14.8 Å². The third-order valence-electron chi connectivity index (χ3n) is 2.69. The first-order valence-electron chi connectivity index (χ1n) is 4.98. The van der Waals surface area contributed by atoms with Crippen LogP contribution in [0, 0.1) is 10.1 Å². The lowest BCUT2D eigenvalue weighted by atomic mass is 10.2. The van der Waals surface area contributed by atoms with Crippen LogP contribution in [-0.4, -0.2) is 20.6 Å². The predicted molar refractivity (Wildman–Crippen MR) is 60.9 cm³/mol. The van der Waals surface area contributed by atoms with E-state index in [4.69, 9.17) is 5.11 Å². The normalized spacial score (nSPS) is 12.5. The van der Waals surface area contributed by atoms with Gasteiger partial charge in [0.2, 0.25) is 0 Å². The molecule has 0 saturated heterocycles. The van der Waals surface area contributed by atoms with E-state index in [0.717, 1.165) is 0 Å². The number of aromatic nitrogens is 1. The molecular formula is C11H10N2O4. The van der Waals surface area contributed by atoms with Crippen molar-refractivity contribution in [2.75, 3.05) is 0 Å². The lowest BCUT2D eigenvalue weighted by Crippen LogP contribution is -2.14. The number of hydrogen-bond donors (Lipinski definition) is 1. The van der Waals surface area contributed by atoms with E-state index >= 15 is 0 Å². The molecule has 88 valence electrons. The fourth-order valence-corrected chi connectivity index (χ4v) is 1.72. The van der Waals surface area contributed by atoms with E-state index in [9.17, 15) is 14.9 Å². The maximum atomic E-state index is 10.9. The quantitative estimate of drug-likeness (QED) is 0.651. The molecule has 2 rings (SSSR count). The fraction of sp³-hybridized carbons (Fsp3) is 0.182. The zero-order valence-electron chi connectivity index (χ0n) is 9.03. The number of carbonyl (C=O) groups is 1. The Morgan fingerprint density at radius 1 is 1.47 bits per heavy atom. The zero-order chi connectivity index (χ0) is 12.6. The second kappa shape index (κ2) is 3.89. The SMILES string of the molecule is CC(C(=O)O)n1ccc2cc([N+](=O)[O-])ccc21. The molecule has 0 aliphatic rings. The second-order valence-electron chi connectivity index (χ2n) is 3.74. The highest BCUT2D eigenvalue weighted by atomic mass is 16.6. The van der Waals surface area contributed by atoms with Crippen LogP contribution in [0.25, 0.3) is 10.9 Å². The van der Waals surface area contributed by atoms with Crippen molar-refractivity contribution in [3.05, 3.63) is 40.6 Å². The molecule has 1 atom stereocenters. The smallest absolute Gasteiger partial charge is 0.326 e. The molecule has 1 aromatic heterocycles. The predicted octanol–water partition coefficient (Wildman–Crippen LogP) is 2.20. The summed E-state index contributed by atoms with van der Waals surface area (Å²) in [6.07, 6.45) is 1.62. The fourth-order valence-electron chi connectivity index (χ4n) is 1.72. The van der Waals surface area contributed by atoms with Gasteiger partial charge in [-0.05, 0) is 19.1 Å². The molecule has 0 aliphatic carbocycles. The third kappa shape index (κ3) is 1.84. The molecule has 0 bridgehead atoms. The van der Waals surface area contributed by atoms with Gasteiger partial charge in [0.15, 0.2) is 0 Å². The highest BCUT2D eigenvalue weighted by molar-refractivity contribution is 5.84. The van der Waals surface area contributed by atoms with Crippen LogP contribution in [-0.2, 0) is 4.79 Å². The summed E-state index contributed by atoms with van der Waals surface area (Å²) in [4.78, 5) is 21.0. The summed E-state index contributed by atoms with van der Waals surface area (Å²) >= 11 is 0. The van der Waals surface area contributed by atoms with Gasteiger partial charge in [-0.15, -0.1) is 0 Å². The van der Waals surface area contributed by atoms with Gasteiger partial charge in [-0.25, -0.2) is 4.79 Å². The van der Waals surface area contributed by atoms with Crippen molar-refractivity contribution in [2.24, 2.45) is 0 Å². The van der Waals surface area contributed by atoms with Crippen LogP contribution in [0.2, 0.25) is 0 Å². The summed E-state index contributed by atoms with van der Waals surface area (Å²) in [6, 6.07) is 5.33. The molecule has 0 saturated carbocycles. The molecule has 1 unspecified atom stereocenters. The van der Waals surface area contributed by atoms with E-state index in [-0.39, 0.29) is 5.69 Å². The maximum Gasteiger partial charge on any atom is 0.326 e. The monoisotopic (exact) mass is 234 g/mol. The first kappa shape index (κ1) is 11.1. The molecule has 1 heterocycles. The number of nitrogens with zero attached hydrogens (tertiary/aromatic N) is 2. The first-order valence-corrected chi connectivity index (χ1v) is 4.98. The van der Waals surface area contributed by atoms with Gasteiger partial charge in [-0.1, -0.05) is 0 Å². The van der Waals surface area contributed by atoms with Crippen molar-refractivity contribution in [1.82, 2.24) is 4.57 Å². The molecule has 1 N–H and O–H groups in total. The van der Waals surface area contributed by atoms with Crippen molar-refractivity contribution in [3.8, 4) is 0 Å². The average Bonchev–Trinajstić information content (AvgIpc) is 2.70. The number of nitro groups is 1. The summed E-state index contributed by atoms with van der Waals surface area (Å²) in [5.41, 5.74) is 0.670. The number of benzene rings is 1. The van der Waals surface area contributed by atoms with Gasteiger partial charge in [0, 0.05) is 29.2 Å². The lowest BCUT2D eigenvalue weighted by molar-refractivity contribution is -0.384. The number of carboxylic acids is 1. The number of nitro benzene ring substituents is 1. The lowest BCUT2D eigenvalue weighted by Gasteiger charge is -2.09. The van der Waals surface area contributed by atoms with E-state index in [1.54, 1.807) is 29.8 Å². The van der Waals surface area contributed by atoms with Crippen LogP contribution in [0.4, 0.5) is 5.69 Å². The van der Waals surface area contributed by atoms with Crippen LogP contribution < -0.4 is 0 Å². The van der Waals surface area contributed by atoms with E-state index in [1.165, 1.54) is 12.1 Å². The van der Waals surface area contributed by atoms with Crippen molar-refractivity contribution in [2.45, 2.75) is 13.0 Å². The summed E-state index contributed by atoms with van der Waals surface area (Å²) in [7, 11) is 0. The number of hydrogen-bond acceptors (Lipinski definition) is 3. The maximum absolute atomic E-state index is 10.9. The third-order valence-corrected chi connectivity index (χ3v) is 2.69. The number of non-ortho nitro benzene ring substituents is 1. The van der Waals surface area contributed by atoms with E-state index in [1.807, 2.05) is 0 Å². The molecule has 0 amide bonds. The molecule has 0 fully saturated rings. The van der Waals surface area contributed by atoms with Crippen LogP contribution in [0.1, 0.15) is 13.0 Å². The van der Waals surface area contributed by atoms with Crippen molar-refractivity contribution in [3.63, 3.8) is 0 Å². The van der Waals surface area contributed by atoms with E-state index in [2.05, 4.69) is 0 Å². The minimum absolute atomic E-state index is 0.00164. The molecule has 2 aromatic rings. The molecule has 6 nitrogen and oxygen atoms in total. The summed E-state index contributed by atoms with van der Waals surface area (Å²) < 4.78 is 1.57. The Bertz CT molecular complexity index is 603. The Morgan fingerprint density at radius 3 is 2.76 bits per heavy atom. The number of carboxylic acid groups (broad SMARTS) is 1. The second-order valence-corrected chi connectivity index (χ2v) is 3.74. The van der Waals surface area contributed by atoms with E-state index < -0.39 is 16.9 Å². The van der Waals surface area contributed by atoms with Crippen molar-refractivity contribution in [1.29, 1.82) is 0 Å². The van der Waals surface area contributed by atoms with Crippen LogP contribution in [0.3, 0.4) is 0 Å². The molecule has 1 aromatic carbocycles. The van der Waals surface area contributed by atoms with Crippen LogP contribution in [0.5, 0.6) is 0 Å². The van der Waals surface area contributed by atoms with Gasteiger partial charge in [0.25, 0.3) is 5.69 Å². The highest BCUT2D eigenvalue weighted by Crippen LogP contribution is 2.24. The molecule has 0 radical (unpaired) electrons. The standard InChI is InChI=1S/C11H10N2O4/c1-7(11(14)15)12-5-4-8-6-9(13(16)17)2-3-10(8)12/h2-7H,1H3,(H,14,15). The number of fused-ring (bicyclic) bond motifs is 1. The van der Waals surface area contributed by atoms with Gasteiger partial charge in [0.05, 0.1) is 4.92 Å². The van der Waals surface area contributed by atoms with Crippen LogP contribution >= 0.6 is 0 Å². The first-order chi connectivity index (χ1) is 8.00. The Labute approximate surface area is 96.2 Å². The number of rotatable bonds is 3. The van der Waals surface area contributed by atoms with Crippen molar-refractivity contribution >= 4 is 22.6 Å². The molecular weight excluding hydrogens is 224 g/mol. The Balaban J connectivity index is 2.56. The zero-order valence-corrected chi connectivity index (χ0v) is 9.03. The highest BCUT2D eigenvalue weighted by Gasteiger charge is 2.16. The number of aliphatic carboxylic acids is 1. The van der Waals surface area contributed by atoms with Gasteiger partial charge in [-0.2, -0.15) is 0 Å². The minimum atomic E-state index is -0.944. The van der Waals surface area contributed by atoms with Gasteiger partial charge in [0.1, 0.15) is 6.04 Å². The van der Waals surface area contributed by atoms with Gasteiger partial charge < -0.3 is 9.67 Å².